The van der Waals surface area contributed by atoms with Gasteiger partial charge in [0.05, 0.1) is 17.7 Å². The second kappa shape index (κ2) is 10.2. The number of benzene rings is 2. The number of nitro benzene ring substituents is 1. The van der Waals surface area contributed by atoms with E-state index in [9.17, 15) is 10.1 Å². The Balaban J connectivity index is 1.56. The SMILES string of the molecule is CCCCCCCCn1c(-c2ccc(-c3ccc([N+](=O)[O-])cc3)cc2)c[n+]2cccnc12. The van der Waals surface area contributed by atoms with Gasteiger partial charge in [-0.25, -0.2) is 8.97 Å². The maximum absolute atomic E-state index is 10.9. The molecule has 0 spiro atoms. The Morgan fingerprint density at radius 3 is 2.22 bits per heavy atom. The van der Waals surface area contributed by atoms with Crippen LogP contribution in [0.5, 0.6) is 0 Å². The topological polar surface area (TPSA) is 65.1 Å². The number of aryl methyl sites for hydroxylation is 1. The third-order valence-corrected chi connectivity index (χ3v) is 5.87. The minimum absolute atomic E-state index is 0.106. The summed E-state index contributed by atoms with van der Waals surface area (Å²) < 4.78 is 4.39. The van der Waals surface area contributed by atoms with Crippen molar-refractivity contribution in [1.82, 2.24) is 9.55 Å². The van der Waals surface area contributed by atoms with E-state index in [1.807, 2.05) is 18.5 Å². The van der Waals surface area contributed by atoms with Crippen LogP contribution in [0, 0.1) is 10.1 Å². The third-order valence-electron chi connectivity index (χ3n) is 5.87. The Kier molecular flexibility index (Phi) is 6.90. The van der Waals surface area contributed by atoms with E-state index in [1.165, 1.54) is 32.1 Å². The van der Waals surface area contributed by atoms with Gasteiger partial charge in [0.15, 0.2) is 0 Å². The molecule has 0 bridgehead atoms. The van der Waals surface area contributed by atoms with Gasteiger partial charge in [-0.3, -0.25) is 10.1 Å². The molecule has 0 fully saturated rings. The van der Waals surface area contributed by atoms with Crippen LogP contribution in [0.15, 0.2) is 73.2 Å². The normalized spacial score (nSPS) is 11.2. The zero-order valence-corrected chi connectivity index (χ0v) is 18.5. The first kappa shape index (κ1) is 21.7. The van der Waals surface area contributed by atoms with Crippen molar-refractivity contribution in [3.8, 4) is 22.4 Å². The van der Waals surface area contributed by atoms with Gasteiger partial charge in [-0.2, -0.15) is 0 Å². The van der Waals surface area contributed by atoms with Gasteiger partial charge in [0, 0.05) is 23.8 Å². The molecule has 2 aromatic carbocycles. The molecule has 164 valence electrons. The van der Waals surface area contributed by atoms with Crippen molar-refractivity contribution < 1.29 is 9.32 Å². The molecular weight excluding hydrogens is 400 g/mol. The molecule has 4 aromatic rings. The first-order valence-electron chi connectivity index (χ1n) is 11.4. The minimum atomic E-state index is -0.374. The predicted octanol–water partition coefficient (Wildman–Crippen LogP) is 6.22. The van der Waals surface area contributed by atoms with Crippen molar-refractivity contribution in [3.05, 3.63) is 83.3 Å². The number of nitro groups is 1. The molecule has 2 heterocycles. The molecule has 4 rings (SSSR count). The Labute approximate surface area is 188 Å². The zero-order chi connectivity index (χ0) is 22.3. The predicted molar refractivity (Wildman–Crippen MR) is 126 cm³/mol. The molecule has 0 aliphatic heterocycles. The fourth-order valence-corrected chi connectivity index (χ4v) is 4.10. The van der Waals surface area contributed by atoms with Crippen LogP contribution in [-0.2, 0) is 6.54 Å². The van der Waals surface area contributed by atoms with E-state index in [0.29, 0.717) is 0 Å². The molecule has 0 saturated heterocycles. The maximum atomic E-state index is 10.9. The summed E-state index contributed by atoms with van der Waals surface area (Å²) in [5.74, 6) is 0.954. The average molecular weight is 430 g/mol. The van der Waals surface area contributed by atoms with Crippen LogP contribution in [0.4, 0.5) is 5.69 Å². The van der Waals surface area contributed by atoms with Crippen LogP contribution in [-0.4, -0.2) is 14.5 Å². The number of aromatic nitrogens is 3. The molecule has 0 aliphatic rings. The van der Waals surface area contributed by atoms with Crippen molar-refractivity contribution in [1.29, 1.82) is 0 Å². The van der Waals surface area contributed by atoms with Crippen molar-refractivity contribution in [2.24, 2.45) is 0 Å². The van der Waals surface area contributed by atoms with Gasteiger partial charge in [-0.1, -0.05) is 68.3 Å². The fourth-order valence-electron chi connectivity index (χ4n) is 4.10. The maximum Gasteiger partial charge on any atom is 0.403 e. The molecular formula is C26H29N4O2+. The lowest BCUT2D eigenvalue weighted by atomic mass is 10.0. The van der Waals surface area contributed by atoms with Gasteiger partial charge in [0.25, 0.3) is 5.69 Å². The van der Waals surface area contributed by atoms with E-state index in [4.69, 9.17) is 0 Å². The van der Waals surface area contributed by atoms with Crippen LogP contribution in [0.3, 0.4) is 0 Å². The molecule has 0 N–H and O–H groups in total. The van der Waals surface area contributed by atoms with Gasteiger partial charge < -0.3 is 0 Å². The fraction of sp³-hybridized carbons (Fsp3) is 0.308. The van der Waals surface area contributed by atoms with E-state index < -0.39 is 0 Å². The van der Waals surface area contributed by atoms with E-state index in [2.05, 4.69) is 51.3 Å². The quantitative estimate of drug-likeness (QED) is 0.130. The molecule has 2 aromatic heterocycles. The first-order chi connectivity index (χ1) is 15.7. The number of imidazole rings is 1. The lowest BCUT2D eigenvalue weighted by Gasteiger charge is -2.06. The molecule has 0 atom stereocenters. The standard InChI is InChI=1S/C26H29N4O2/c1-2-3-4-5-6-7-19-29-25(20-28-18-8-17-27-26(28)29)23-11-9-21(10-12-23)22-13-15-24(16-14-22)30(31)32/h8-18,20H,2-7,19H2,1H3/q+1. The molecule has 6 nitrogen and oxygen atoms in total. The summed E-state index contributed by atoms with van der Waals surface area (Å²) in [7, 11) is 0. The highest BCUT2D eigenvalue weighted by molar-refractivity contribution is 5.69. The molecule has 0 unspecified atom stereocenters. The van der Waals surface area contributed by atoms with Gasteiger partial charge in [0.1, 0.15) is 18.1 Å². The third kappa shape index (κ3) is 4.85. The van der Waals surface area contributed by atoms with Crippen molar-refractivity contribution >= 4 is 11.5 Å². The lowest BCUT2D eigenvalue weighted by Crippen LogP contribution is -2.19. The highest BCUT2D eigenvalue weighted by atomic mass is 16.6. The largest absolute Gasteiger partial charge is 0.403 e. The summed E-state index contributed by atoms with van der Waals surface area (Å²) in [6, 6.07) is 17.0. The van der Waals surface area contributed by atoms with Gasteiger partial charge >= 0.3 is 5.78 Å². The number of hydrogen-bond acceptors (Lipinski definition) is 3. The van der Waals surface area contributed by atoms with Gasteiger partial charge in [-0.05, 0) is 29.7 Å². The van der Waals surface area contributed by atoms with E-state index in [0.717, 1.165) is 41.1 Å². The lowest BCUT2D eigenvalue weighted by molar-refractivity contribution is -0.513. The highest BCUT2D eigenvalue weighted by Crippen LogP contribution is 2.27. The molecule has 6 heteroatoms. The van der Waals surface area contributed by atoms with Crippen LogP contribution < -0.4 is 4.40 Å². The summed E-state index contributed by atoms with van der Waals surface area (Å²) in [6.45, 7) is 3.19. The number of fused-ring (bicyclic) bond motifs is 1. The number of rotatable bonds is 10. The number of nitrogens with zero attached hydrogens (tertiary/aromatic N) is 4. The summed E-state index contributed by atoms with van der Waals surface area (Å²) in [6.07, 6.45) is 13.6. The van der Waals surface area contributed by atoms with Crippen LogP contribution in [0.1, 0.15) is 45.4 Å². The number of non-ortho nitro benzene ring substituents is 1. The van der Waals surface area contributed by atoms with Crippen molar-refractivity contribution in [2.75, 3.05) is 0 Å². The Bertz CT molecular complexity index is 1180. The zero-order valence-electron chi connectivity index (χ0n) is 18.5. The molecule has 0 radical (unpaired) electrons. The van der Waals surface area contributed by atoms with Crippen LogP contribution in [0.25, 0.3) is 28.2 Å². The van der Waals surface area contributed by atoms with Gasteiger partial charge in [0.2, 0.25) is 0 Å². The molecule has 32 heavy (non-hydrogen) atoms. The number of hydrogen-bond donors (Lipinski definition) is 0. The van der Waals surface area contributed by atoms with Crippen molar-refractivity contribution in [3.63, 3.8) is 0 Å². The van der Waals surface area contributed by atoms with Crippen LogP contribution in [0.2, 0.25) is 0 Å². The Hall–Kier alpha value is -3.54. The molecule has 0 amide bonds. The second-order valence-electron chi connectivity index (χ2n) is 8.14. The van der Waals surface area contributed by atoms with E-state index in [-0.39, 0.29) is 10.6 Å². The Morgan fingerprint density at radius 2 is 1.53 bits per heavy atom. The molecule has 0 saturated carbocycles. The Morgan fingerprint density at radius 1 is 0.906 bits per heavy atom. The average Bonchev–Trinajstić information content (AvgIpc) is 3.20. The number of unbranched alkanes of at least 4 members (excludes halogenated alkanes) is 5. The van der Waals surface area contributed by atoms with E-state index >= 15 is 0 Å². The first-order valence-corrected chi connectivity index (χ1v) is 11.4. The van der Waals surface area contributed by atoms with E-state index in [1.54, 1.807) is 24.3 Å². The van der Waals surface area contributed by atoms with Gasteiger partial charge in [-0.15, -0.1) is 0 Å². The smallest absolute Gasteiger partial charge is 0.258 e. The second-order valence-corrected chi connectivity index (χ2v) is 8.14. The molecule has 0 aliphatic carbocycles. The summed E-state index contributed by atoms with van der Waals surface area (Å²) >= 11 is 0. The summed E-state index contributed by atoms with van der Waals surface area (Å²) in [4.78, 5) is 15.1. The van der Waals surface area contributed by atoms with Crippen molar-refractivity contribution in [2.45, 2.75) is 52.0 Å². The monoisotopic (exact) mass is 429 g/mol. The summed E-state index contributed by atoms with van der Waals surface area (Å²) in [5.41, 5.74) is 4.38. The summed E-state index contributed by atoms with van der Waals surface area (Å²) in [5, 5.41) is 10.9. The van der Waals surface area contributed by atoms with Crippen LogP contribution >= 0.6 is 0 Å². The highest BCUT2D eigenvalue weighted by Gasteiger charge is 2.18. The minimum Gasteiger partial charge on any atom is -0.258 e.